The van der Waals surface area contributed by atoms with Crippen LogP contribution in [0.3, 0.4) is 0 Å². The molecule has 1 atom stereocenters. The highest BCUT2D eigenvalue weighted by Crippen LogP contribution is 2.23. The fourth-order valence-corrected chi connectivity index (χ4v) is 2.81. The number of halogens is 2. The molecular formula is C16H21BrFN3. The van der Waals surface area contributed by atoms with Gasteiger partial charge in [-0.3, -0.25) is 4.68 Å². The highest BCUT2D eigenvalue weighted by Gasteiger charge is 2.18. The predicted octanol–water partition coefficient (Wildman–Crippen LogP) is 3.78. The first-order valence-electron chi connectivity index (χ1n) is 7.25. The summed E-state index contributed by atoms with van der Waals surface area (Å²) in [5.41, 5.74) is 2.87. The van der Waals surface area contributed by atoms with Crippen molar-refractivity contribution in [3.05, 3.63) is 51.5 Å². The fourth-order valence-electron chi connectivity index (χ4n) is 2.48. The number of nitrogens with one attached hydrogen (secondary N) is 1. The van der Waals surface area contributed by atoms with Gasteiger partial charge in [0.2, 0.25) is 0 Å². The Balaban J connectivity index is 2.28. The molecule has 0 aliphatic carbocycles. The Labute approximate surface area is 133 Å². The molecule has 0 aliphatic rings. The number of aryl methyl sites for hydroxylation is 2. The standard InChI is InChI=1S/C16H21BrFN3/c1-4-13-10-16(21(3)20-13)15(19-5-2)8-11-6-7-12(17)9-14(11)18/h6-7,9-10,15,19H,4-5,8H2,1-3H3. The molecule has 3 nitrogen and oxygen atoms in total. The SMILES string of the molecule is CCNC(Cc1ccc(Br)cc1F)c1cc(CC)nn1C. The van der Waals surface area contributed by atoms with Gasteiger partial charge < -0.3 is 5.32 Å². The first kappa shape index (κ1) is 16.2. The average molecular weight is 354 g/mol. The molecule has 2 rings (SSSR count). The number of likely N-dealkylation sites (N-methyl/N-ethyl adjacent to an activating group) is 1. The molecule has 1 N–H and O–H groups in total. The zero-order chi connectivity index (χ0) is 15.4. The monoisotopic (exact) mass is 353 g/mol. The molecule has 0 saturated heterocycles. The van der Waals surface area contributed by atoms with Gasteiger partial charge in [0.25, 0.3) is 0 Å². The van der Waals surface area contributed by atoms with Crippen LogP contribution < -0.4 is 5.32 Å². The summed E-state index contributed by atoms with van der Waals surface area (Å²) in [6, 6.07) is 7.38. The summed E-state index contributed by atoms with van der Waals surface area (Å²) in [4.78, 5) is 0. The lowest BCUT2D eigenvalue weighted by Crippen LogP contribution is -2.25. The van der Waals surface area contributed by atoms with E-state index >= 15 is 0 Å². The van der Waals surface area contributed by atoms with Gasteiger partial charge in [-0.1, -0.05) is 35.8 Å². The molecule has 0 aliphatic heterocycles. The van der Waals surface area contributed by atoms with Crippen molar-refractivity contribution in [1.29, 1.82) is 0 Å². The topological polar surface area (TPSA) is 29.9 Å². The molecule has 1 unspecified atom stereocenters. The number of benzene rings is 1. The lowest BCUT2D eigenvalue weighted by atomic mass is 10.0. The largest absolute Gasteiger partial charge is 0.309 e. The minimum Gasteiger partial charge on any atom is -0.309 e. The van der Waals surface area contributed by atoms with E-state index < -0.39 is 0 Å². The maximum atomic E-state index is 14.1. The van der Waals surface area contributed by atoms with Gasteiger partial charge in [-0.2, -0.15) is 5.10 Å². The third-order valence-electron chi connectivity index (χ3n) is 3.58. The van der Waals surface area contributed by atoms with Crippen molar-refractivity contribution >= 4 is 15.9 Å². The number of hydrogen-bond donors (Lipinski definition) is 1. The molecule has 0 amide bonds. The summed E-state index contributed by atoms with van der Waals surface area (Å²) in [5, 5.41) is 7.91. The van der Waals surface area contributed by atoms with E-state index in [0.717, 1.165) is 28.8 Å². The van der Waals surface area contributed by atoms with E-state index in [4.69, 9.17) is 0 Å². The second-order valence-electron chi connectivity index (χ2n) is 5.09. The van der Waals surface area contributed by atoms with Crippen LogP contribution in [-0.4, -0.2) is 16.3 Å². The van der Waals surface area contributed by atoms with Gasteiger partial charge >= 0.3 is 0 Å². The molecule has 0 saturated carbocycles. The summed E-state index contributed by atoms with van der Waals surface area (Å²) in [6.07, 6.45) is 1.51. The third kappa shape index (κ3) is 3.92. The van der Waals surface area contributed by atoms with Crippen molar-refractivity contribution in [3.63, 3.8) is 0 Å². The summed E-state index contributed by atoms with van der Waals surface area (Å²) in [5.74, 6) is -0.176. The van der Waals surface area contributed by atoms with Gasteiger partial charge in [0.15, 0.2) is 0 Å². The third-order valence-corrected chi connectivity index (χ3v) is 4.07. The van der Waals surface area contributed by atoms with Crippen LogP contribution in [0.4, 0.5) is 4.39 Å². The highest BCUT2D eigenvalue weighted by atomic mass is 79.9. The normalized spacial score (nSPS) is 12.6. The summed E-state index contributed by atoms with van der Waals surface area (Å²) < 4.78 is 16.7. The van der Waals surface area contributed by atoms with Crippen LogP contribution >= 0.6 is 15.9 Å². The first-order chi connectivity index (χ1) is 10.0. The van der Waals surface area contributed by atoms with Gasteiger partial charge in [0.1, 0.15) is 5.82 Å². The maximum absolute atomic E-state index is 14.1. The molecule has 114 valence electrons. The Kier molecular flexibility index (Phi) is 5.53. The van der Waals surface area contributed by atoms with Crippen LogP contribution in [0, 0.1) is 5.82 Å². The van der Waals surface area contributed by atoms with Gasteiger partial charge in [0, 0.05) is 11.5 Å². The Bertz CT molecular complexity index is 610. The van der Waals surface area contributed by atoms with E-state index in [1.165, 1.54) is 6.07 Å². The van der Waals surface area contributed by atoms with Gasteiger partial charge in [-0.05, 0) is 43.1 Å². The summed E-state index contributed by atoms with van der Waals surface area (Å²) >= 11 is 3.29. The molecule has 2 aromatic rings. The van der Waals surface area contributed by atoms with Crippen LogP contribution in [0.25, 0.3) is 0 Å². The van der Waals surface area contributed by atoms with E-state index in [1.807, 2.05) is 23.9 Å². The number of nitrogens with zero attached hydrogens (tertiary/aromatic N) is 2. The molecule has 21 heavy (non-hydrogen) atoms. The van der Waals surface area contributed by atoms with Crippen molar-refractivity contribution in [2.24, 2.45) is 7.05 Å². The average Bonchev–Trinajstić information content (AvgIpc) is 2.82. The van der Waals surface area contributed by atoms with E-state index in [-0.39, 0.29) is 11.9 Å². The predicted molar refractivity (Wildman–Crippen MR) is 86.8 cm³/mol. The smallest absolute Gasteiger partial charge is 0.127 e. The quantitative estimate of drug-likeness (QED) is 0.856. The van der Waals surface area contributed by atoms with Crippen molar-refractivity contribution in [2.45, 2.75) is 32.7 Å². The molecule has 0 fully saturated rings. The van der Waals surface area contributed by atoms with E-state index in [9.17, 15) is 4.39 Å². The zero-order valence-corrected chi connectivity index (χ0v) is 14.2. The fraction of sp³-hybridized carbons (Fsp3) is 0.438. The number of aromatic nitrogens is 2. The second kappa shape index (κ2) is 7.18. The minimum atomic E-state index is -0.176. The van der Waals surface area contributed by atoms with Crippen molar-refractivity contribution in [1.82, 2.24) is 15.1 Å². The van der Waals surface area contributed by atoms with Crippen molar-refractivity contribution < 1.29 is 4.39 Å². The Morgan fingerprint density at radius 1 is 1.33 bits per heavy atom. The molecule has 1 heterocycles. The van der Waals surface area contributed by atoms with Crippen LogP contribution in [0.15, 0.2) is 28.7 Å². The number of rotatable bonds is 6. The van der Waals surface area contributed by atoms with Crippen LogP contribution in [-0.2, 0) is 19.9 Å². The molecule has 0 bridgehead atoms. The Morgan fingerprint density at radius 2 is 2.10 bits per heavy atom. The highest BCUT2D eigenvalue weighted by molar-refractivity contribution is 9.10. The summed E-state index contributed by atoms with van der Waals surface area (Å²) in [6.45, 7) is 4.97. The first-order valence-corrected chi connectivity index (χ1v) is 8.04. The van der Waals surface area contributed by atoms with Crippen LogP contribution in [0.1, 0.15) is 36.8 Å². The van der Waals surface area contributed by atoms with E-state index in [0.29, 0.717) is 12.0 Å². The molecule has 0 radical (unpaired) electrons. The lowest BCUT2D eigenvalue weighted by Gasteiger charge is -2.18. The Morgan fingerprint density at radius 3 is 2.67 bits per heavy atom. The van der Waals surface area contributed by atoms with Crippen molar-refractivity contribution in [2.75, 3.05) is 6.54 Å². The maximum Gasteiger partial charge on any atom is 0.127 e. The molecule has 0 spiro atoms. The number of hydrogen-bond acceptors (Lipinski definition) is 2. The van der Waals surface area contributed by atoms with E-state index in [1.54, 1.807) is 0 Å². The summed E-state index contributed by atoms with van der Waals surface area (Å²) in [7, 11) is 1.94. The van der Waals surface area contributed by atoms with Crippen LogP contribution in [0.2, 0.25) is 0 Å². The molecule has 5 heteroatoms. The molecule has 1 aromatic heterocycles. The van der Waals surface area contributed by atoms with Gasteiger partial charge in [0.05, 0.1) is 17.4 Å². The van der Waals surface area contributed by atoms with E-state index in [2.05, 4.69) is 46.3 Å². The van der Waals surface area contributed by atoms with Gasteiger partial charge in [-0.25, -0.2) is 4.39 Å². The zero-order valence-electron chi connectivity index (χ0n) is 12.7. The van der Waals surface area contributed by atoms with Crippen LogP contribution in [0.5, 0.6) is 0 Å². The van der Waals surface area contributed by atoms with Gasteiger partial charge in [-0.15, -0.1) is 0 Å². The Hall–Kier alpha value is -1.20. The second-order valence-corrected chi connectivity index (χ2v) is 6.00. The van der Waals surface area contributed by atoms with Crippen molar-refractivity contribution in [3.8, 4) is 0 Å². The molecular weight excluding hydrogens is 333 g/mol. The minimum absolute atomic E-state index is 0.0588. The lowest BCUT2D eigenvalue weighted by molar-refractivity contribution is 0.494. The molecule has 1 aromatic carbocycles.